The third-order valence-electron chi connectivity index (χ3n) is 4.05. The molecule has 6 heteroatoms. The van der Waals surface area contributed by atoms with Crippen molar-refractivity contribution in [3.63, 3.8) is 0 Å². The first-order chi connectivity index (χ1) is 12.6. The summed E-state index contributed by atoms with van der Waals surface area (Å²) < 4.78 is 24.6. The number of nitrogens with one attached hydrogen (secondary N) is 1. The van der Waals surface area contributed by atoms with Crippen LogP contribution in [0.3, 0.4) is 0 Å². The van der Waals surface area contributed by atoms with Crippen molar-refractivity contribution in [3.8, 4) is 11.5 Å². The summed E-state index contributed by atoms with van der Waals surface area (Å²) in [5, 5.41) is 2.77. The minimum absolute atomic E-state index is 0.183. The molecule has 1 heterocycles. The Kier molecular flexibility index (Phi) is 5.51. The van der Waals surface area contributed by atoms with Gasteiger partial charge in [-0.3, -0.25) is 9.59 Å². The highest BCUT2D eigenvalue weighted by Crippen LogP contribution is 2.36. The standard InChI is InChI=1S/C20H20FNO4/c1-2-3-7-19(23)22-16-12-18-17(25-8-9-26-18)11-15(16)20(24)13-5-4-6-14(21)10-13/h4-6,10-12H,2-3,7-9H2,1H3,(H,22,23). The Balaban J connectivity index is 1.98. The molecule has 0 spiro atoms. The quantitative estimate of drug-likeness (QED) is 0.795. The number of unbranched alkanes of at least 4 members (excludes halogenated alkanes) is 1. The van der Waals surface area contributed by atoms with Gasteiger partial charge in [-0.2, -0.15) is 0 Å². The lowest BCUT2D eigenvalue weighted by Crippen LogP contribution is -2.19. The summed E-state index contributed by atoms with van der Waals surface area (Å²) in [5.74, 6) is -0.175. The number of carbonyl (C=O) groups is 2. The fourth-order valence-corrected chi connectivity index (χ4v) is 2.72. The molecular formula is C20H20FNO4. The number of fused-ring (bicyclic) bond motifs is 1. The summed E-state index contributed by atoms with van der Waals surface area (Å²) in [6, 6.07) is 8.57. The van der Waals surface area contributed by atoms with Crippen LogP contribution < -0.4 is 14.8 Å². The van der Waals surface area contributed by atoms with Crippen molar-refractivity contribution in [3.05, 3.63) is 53.3 Å². The van der Waals surface area contributed by atoms with Gasteiger partial charge < -0.3 is 14.8 Å². The van der Waals surface area contributed by atoms with Crippen LogP contribution in [0, 0.1) is 5.82 Å². The molecule has 136 valence electrons. The molecule has 2 aromatic rings. The average Bonchev–Trinajstić information content (AvgIpc) is 2.65. The van der Waals surface area contributed by atoms with E-state index in [9.17, 15) is 14.0 Å². The van der Waals surface area contributed by atoms with Crippen LogP contribution in [0.15, 0.2) is 36.4 Å². The number of benzene rings is 2. The number of ketones is 1. The van der Waals surface area contributed by atoms with Gasteiger partial charge in [0.25, 0.3) is 0 Å². The monoisotopic (exact) mass is 357 g/mol. The van der Waals surface area contributed by atoms with Crippen molar-refractivity contribution in [1.82, 2.24) is 0 Å². The van der Waals surface area contributed by atoms with E-state index in [0.717, 1.165) is 12.8 Å². The number of carbonyl (C=O) groups excluding carboxylic acids is 2. The number of hydrogen-bond acceptors (Lipinski definition) is 4. The van der Waals surface area contributed by atoms with E-state index < -0.39 is 11.6 Å². The van der Waals surface area contributed by atoms with Crippen LogP contribution >= 0.6 is 0 Å². The maximum atomic E-state index is 13.5. The van der Waals surface area contributed by atoms with Gasteiger partial charge >= 0.3 is 0 Å². The zero-order chi connectivity index (χ0) is 18.5. The van der Waals surface area contributed by atoms with Gasteiger partial charge in [0, 0.05) is 18.1 Å². The smallest absolute Gasteiger partial charge is 0.224 e. The topological polar surface area (TPSA) is 64.6 Å². The predicted molar refractivity (Wildman–Crippen MR) is 95.4 cm³/mol. The van der Waals surface area contributed by atoms with E-state index in [1.165, 1.54) is 30.3 Å². The molecule has 1 N–H and O–H groups in total. The molecule has 5 nitrogen and oxygen atoms in total. The summed E-state index contributed by atoms with van der Waals surface area (Å²) in [6.07, 6.45) is 2.01. The number of ether oxygens (including phenoxy) is 2. The van der Waals surface area contributed by atoms with Crippen molar-refractivity contribution < 1.29 is 23.5 Å². The third kappa shape index (κ3) is 4.02. The average molecular weight is 357 g/mol. The number of halogens is 1. The van der Waals surface area contributed by atoms with E-state index in [-0.39, 0.29) is 17.0 Å². The Hall–Kier alpha value is -2.89. The fraction of sp³-hybridized carbons (Fsp3) is 0.300. The first-order valence-corrected chi connectivity index (χ1v) is 8.62. The van der Waals surface area contributed by atoms with E-state index in [1.807, 2.05) is 6.92 Å². The molecule has 0 radical (unpaired) electrons. The lowest BCUT2D eigenvalue weighted by molar-refractivity contribution is -0.116. The van der Waals surface area contributed by atoms with Crippen molar-refractivity contribution in [2.24, 2.45) is 0 Å². The summed E-state index contributed by atoms with van der Waals surface area (Å²) in [4.78, 5) is 25.0. The first-order valence-electron chi connectivity index (χ1n) is 8.62. The molecule has 0 fully saturated rings. The molecule has 1 aliphatic rings. The first kappa shape index (κ1) is 17.9. The second-order valence-electron chi connectivity index (χ2n) is 6.03. The molecule has 0 aromatic heterocycles. The van der Waals surface area contributed by atoms with E-state index in [2.05, 4.69) is 5.32 Å². The molecule has 3 rings (SSSR count). The molecule has 0 bridgehead atoms. The maximum absolute atomic E-state index is 13.5. The molecular weight excluding hydrogens is 337 g/mol. The third-order valence-corrected chi connectivity index (χ3v) is 4.05. The van der Waals surface area contributed by atoms with Crippen molar-refractivity contribution in [1.29, 1.82) is 0 Å². The van der Waals surface area contributed by atoms with Crippen LogP contribution in [0.25, 0.3) is 0 Å². The number of hydrogen-bond donors (Lipinski definition) is 1. The molecule has 0 saturated carbocycles. The van der Waals surface area contributed by atoms with E-state index >= 15 is 0 Å². The Morgan fingerprint density at radius 3 is 2.54 bits per heavy atom. The highest BCUT2D eigenvalue weighted by atomic mass is 19.1. The number of anilines is 1. The SMILES string of the molecule is CCCCC(=O)Nc1cc2c(cc1C(=O)c1cccc(F)c1)OCCO2. The largest absolute Gasteiger partial charge is 0.486 e. The fourth-order valence-electron chi connectivity index (χ4n) is 2.72. The van der Waals surface area contributed by atoms with Crippen molar-refractivity contribution >= 4 is 17.4 Å². The van der Waals surface area contributed by atoms with Gasteiger partial charge in [-0.05, 0) is 24.6 Å². The van der Waals surface area contributed by atoms with E-state index in [4.69, 9.17) is 9.47 Å². The van der Waals surface area contributed by atoms with Gasteiger partial charge in [-0.25, -0.2) is 4.39 Å². The normalized spacial score (nSPS) is 12.5. The summed E-state index contributed by atoms with van der Waals surface area (Å²) in [5.41, 5.74) is 0.778. The van der Waals surface area contributed by atoms with Gasteiger partial charge in [0.2, 0.25) is 5.91 Å². The van der Waals surface area contributed by atoms with Crippen LogP contribution in [0.5, 0.6) is 11.5 Å². The molecule has 0 saturated heterocycles. The minimum atomic E-state index is -0.498. The van der Waals surface area contributed by atoms with Gasteiger partial charge in [-0.15, -0.1) is 0 Å². The van der Waals surface area contributed by atoms with Crippen molar-refractivity contribution in [2.45, 2.75) is 26.2 Å². The van der Waals surface area contributed by atoms with Crippen LogP contribution in [-0.4, -0.2) is 24.9 Å². The zero-order valence-corrected chi connectivity index (χ0v) is 14.5. The van der Waals surface area contributed by atoms with Gasteiger partial charge in [0.05, 0.1) is 11.3 Å². The van der Waals surface area contributed by atoms with Gasteiger partial charge in [0.15, 0.2) is 17.3 Å². The van der Waals surface area contributed by atoms with Crippen molar-refractivity contribution in [2.75, 3.05) is 18.5 Å². The Labute approximate surface area is 151 Å². The summed E-state index contributed by atoms with van der Waals surface area (Å²) >= 11 is 0. The molecule has 0 atom stereocenters. The van der Waals surface area contributed by atoms with Crippen LogP contribution in [0.4, 0.5) is 10.1 Å². The van der Waals surface area contributed by atoms with Gasteiger partial charge in [-0.1, -0.05) is 25.5 Å². The van der Waals surface area contributed by atoms with E-state index in [0.29, 0.717) is 36.8 Å². The maximum Gasteiger partial charge on any atom is 0.224 e. The van der Waals surface area contributed by atoms with Crippen LogP contribution in [0.1, 0.15) is 42.1 Å². The molecule has 0 unspecified atom stereocenters. The second kappa shape index (κ2) is 7.99. The van der Waals surface area contributed by atoms with Crippen LogP contribution in [-0.2, 0) is 4.79 Å². The molecule has 2 aromatic carbocycles. The minimum Gasteiger partial charge on any atom is -0.486 e. The molecule has 26 heavy (non-hydrogen) atoms. The predicted octanol–water partition coefficient (Wildman–Crippen LogP) is 3.96. The molecule has 1 aliphatic heterocycles. The lowest BCUT2D eigenvalue weighted by atomic mass is 10.0. The highest BCUT2D eigenvalue weighted by Gasteiger charge is 2.22. The second-order valence-corrected chi connectivity index (χ2v) is 6.03. The summed E-state index contributed by atoms with van der Waals surface area (Å²) in [7, 11) is 0. The Bertz CT molecular complexity index is 835. The summed E-state index contributed by atoms with van der Waals surface area (Å²) in [6.45, 7) is 2.77. The van der Waals surface area contributed by atoms with E-state index in [1.54, 1.807) is 6.07 Å². The van der Waals surface area contributed by atoms with Gasteiger partial charge in [0.1, 0.15) is 19.0 Å². The number of amides is 1. The molecule has 0 aliphatic carbocycles. The Morgan fingerprint density at radius 1 is 1.12 bits per heavy atom. The Morgan fingerprint density at radius 2 is 1.85 bits per heavy atom. The van der Waals surface area contributed by atoms with Crippen LogP contribution in [0.2, 0.25) is 0 Å². The molecule has 1 amide bonds. The number of rotatable bonds is 6. The highest BCUT2D eigenvalue weighted by molar-refractivity contribution is 6.14. The zero-order valence-electron chi connectivity index (χ0n) is 14.5. The lowest BCUT2D eigenvalue weighted by Gasteiger charge is -2.21.